The number of rotatable bonds is 16. The monoisotopic (exact) mass is 856 g/mol. The average molecular weight is 857 g/mol. The number of aliphatic carboxylic acids is 1. The van der Waals surface area contributed by atoms with E-state index in [-0.39, 0.29) is 24.7 Å². The Morgan fingerprint density at radius 1 is 0.887 bits per heavy atom. The minimum Gasteiger partial charge on any atom is -0.496 e. The van der Waals surface area contributed by atoms with Gasteiger partial charge in [0.25, 0.3) is 0 Å². The zero-order chi connectivity index (χ0) is 43.2. The topological polar surface area (TPSA) is 139 Å². The first-order chi connectivity index (χ1) is 30.2. The van der Waals surface area contributed by atoms with E-state index in [9.17, 15) is 14.3 Å². The van der Waals surface area contributed by atoms with Crippen LogP contribution in [0.2, 0.25) is 5.02 Å². The molecule has 0 radical (unpaired) electrons. The third-order valence-electron chi connectivity index (χ3n) is 11.1. The second kappa shape index (κ2) is 19.0. The molecule has 7 aromatic rings. The van der Waals surface area contributed by atoms with Gasteiger partial charge in [0.2, 0.25) is 0 Å². The van der Waals surface area contributed by atoms with E-state index in [1.807, 2.05) is 67.7 Å². The number of carboxylic acid groups (broad SMARTS) is 1. The number of benzene rings is 4. The number of nitrogens with zero attached hydrogens (tertiary/aromatic N) is 7. The van der Waals surface area contributed by atoms with Crippen molar-refractivity contribution in [1.29, 1.82) is 0 Å². The standard InChI is InChI=1S/C47H46ClFN8O5/c1-30-35(16-17-41(43(30)48)61-25-24-56-22-20-55(2)21-23-56)42-37(31-12-14-33(49)15-13-31)27-57-44(42)46(51-29-52-57)54-38(47(58)59)26-32-8-4-6-10-39(32)62-28-34-18-19-50-45(53-34)36-9-5-7-11-40(36)60-3/h4-19,27,29,38H,20-26,28H2,1-3H3,(H,58,59)(H,51,52,54)/t38-/m0/s1. The lowest BCUT2D eigenvalue weighted by Crippen LogP contribution is -2.45. The van der Waals surface area contributed by atoms with Crippen LogP contribution in [0.3, 0.4) is 0 Å². The molecule has 1 aliphatic rings. The summed E-state index contributed by atoms with van der Waals surface area (Å²) in [5.74, 6) is 1.02. The summed E-state index contributed by atoms with van der Waals surface area (Å²) in [6, 6.07) is 25.4. The van der Waals surface area contributed by atoms with E-state index in [0.717, 1.165) is 60.5 Å². The molecule has 0 bridgehead atoms. The normalized spacial score (nSPS) is 13.8. The maximum Gasteiger partial charge on any atom is 0.326 e. The Balaban J connectivity index is 1.08. The fourth-order valence-electron chi connectivity index (χ4n) is 7.62. The number of hydrogen-bond acceptors (Lipinski definition) is 11. The van der Waals surface area contributed by atoms with Crippen molar-refractivity contribution in [2.75, 3.05) is 58.8 Å². The van der Waals surface area contributed by atoms with Crippen LogP contribution < -0.4 is 19.5 Å². The maximum atomic E-state index is 14.2. The highest BCUT2D eigenvalue weighted by atomic mass is 35.5. The smallest absolute Gasteiger partial charge is 0.326 e. The Morgan fingerprint density at radius 2 is 1.65 bits per heavy atom. The molecule has 4 aromatic carbocycles. The first kappa shape index (κ1) is 42.1. The SMILES string of the molecule is COc1ccccc1-c1nccc(COc2ccccc2C[C@H](Nc2ncnn3cc(-c4ccc(F)cc4)c(-c4ccc(OCCN5CCN(C)CC5)c(Cl)c4C)c23)C(=O)O)n1. The number of likely N-dealkylation sites (N-methyl/N-ethyl adjacent to an activating group) is 1. The predicted molar refractivity (Wildman–Crippen MR) is 237 cm³/mol. The van der Waals surface area contributed by atoms with E-state index in [1.165, 1.54) is 18.5 Å². The van der Waals surface area contributed by atoms with Crippen molar-refractivity contribution in [3.8, 4) is 50.9 Å². The highest BCUT2D eigenvalue weighted by Crippen LogP contribution is 2.44. The highest BCUT2D eigenvalue weighted by molar-refractivity contribution is 6.33. The quantitative estimate of drug-likeness (QED) is 0.0976. The van der Waals surface area contributed by atoms with Crippen molar-refractivity contribution >= 4 is 28.9 Å². The van der Waals surface area contributed by atoms with Gasteiger partial charge in [-0.25, -0.2) is 28.7 Å². The summed E-state index contributed by atoms with van der Waals surface area (Å²) >= 11 is 7.06. The molecule has 0 unspecified atom stereocenters. The lowest BCUT2D eigenvalue weighted by atomic mass is 9.94. The molecule has 13 nitrogen and oxygen atoms in total. The Morgan fingerprint density at radius 3 is 2.42 bits per heavy atom. The number of aromatic nitrogens is 5. The third kappa shape index (κ3) is 9.32. The fourth-order valence-corrected chi connectivity index (χ4v) is 7.84. The summed E-state index contributed by atoms with van der Waals surface area (Å²) in [6.45, 7) is 7.30. The zero-order valence-corrected chi connectivity index (χ0v) is 35.3. The molecule has 0 saturated carbocycles. The summed E-state index contributed by atoms with van der Waals surface area (Å²) in [6.07, 6.45) is 4.90. The number of ether oxygens (including phenoxy) is 3. The number of piperazine rings is 1. The van der Waals surface area contributed by atoms with Crippen LogP contribution >= 0.6 is 11.6 Å². The molecule has 8 rings (SSSR count). The van der Waals surface area contributed by atoms with E-state index in [4.69, 9.17) is 30.8 Å². The molecule has 1 saturated heterocycles. The maximum absolute atomic E-state index is 14.2. The molecule has 0 aliphatic carbocycles. The Bertz CT molecular complexity index is 2690. The molecule has 1 atom stereocenters. The largest absolute Gasteiger partial charge is 0.496 e. The van der Waals surface area contributed by atoms with Crippen LogP contribution in [0, 0.1) is 12.7 Å². The van der Waals surface area contributed by atoms with Gasteiger partial charge >= 0.3 is 5.97 Å². The summed E-state index contributed by atoms with van der Waals surface area (Å²) in [5.41, 5.74) is 6.18. The Kier molecular flexibility index (Phi) is 12.9. The Hall–Kier alpha value is -6.61. The zero-order valence-electron chi connectivity index (χ0n) is 34.6. The molecule has 3 aromatic heterocycles. The summed E-state index contributed by atoms with van der Waals surface area (Å²) in [4.78, 5) is 31.5. The number of anilines is 1. The van der Waals surface area contributed by atoms with Crippen molar-refractivity contribution in [1.82, 2.24) is 34.4 Å². The minimum atomic E-state index is -1.15. The highest BCUT2D eigenvalue weighted by Gasteiger charge is 2.27. The number of methoxy groups -OCH3 is 1. The minimum absolute atomic E-state index is 0.0454. The van der Waals surface area contributed by atoms with Crippen LogP contribution in [0.15, 0.2) is 110 Å². The molecular weight excluding hydrogens is 811 g/mol. The van der Waals surface area contributed by atoms with Gasteiger partial charge in [0.15, 0.2) is 11.6 Å². The van der Waals surface area contributed by atoms with Gasteiger partial charge in [0, 0.05) is 62.7 Å². The lowest BCUT2D eigenvalue weighted by Gasteiger charge is -2.32. The molecule has 4 heterocycles. The number of carbonyl (C=O) groups is 1. The molecule has 1 fully saturated rings. The van der Waals surface area contributed by atoms with Crippen molar-refractivity contribution < 1.29 is 28.5 Å². The lowest BCUT2D eigenvalue weighted by molar-refractivity contribution is -0.137. The molecule has 2 N–H and O–H groups in total. The summed E-state index contributed by atoms with van der Waals surface area (Å²) < 4.78 is 33.9. The Labute approximate surface area is 363 Å². The summed E-state index contributed by atoms with van der Waals surface area (Å²) in [5, 5.41) is 18.9. The fraction of sp³-hybridized carbons (Fsp3) is 0.255. The number of para-hydroxylation sites is 2. The van der Waals surface area contributed by atoms with E-state index in [0.29, 0.717) is 57.0 Å². The first-order valence-corrected chi connectivity index (χ1v) is 20.7. The third-order valence-corrected chi connectivity index (χ3v) is 11.5. The molecule has 15 heteroatoms. The molecule has 62 heavy (non-hydrogen) atoms. The number of carboxylic acids is 1. The second-order valence-corrected chi connectivity index (χ2v) is 15.5. The van der Waals surface area contributed by atoms with Crippen LogP contribution in [0.1, 0.15) is 16.8 Å². The molecule has 318 valence electrons. The van der Waals surface area contributed by atoms with Crippen LogP contribution in [0.25, 0.3) is 39.2 Å². The van der Waals surface area contributed by atoms with Gasteiger partial charge in [-0.2, -0.15) is 5.10 Å². The number of nitrogens with one attached hydrogen (secondary N) is 1. The van der Waals surface area contributed by atoms with Crippen molar-refractivity contribution in [3.05, 3.63) is 137 Å². The van der Waals surface area contributed by atoms with Gasteiger partial charge < -0.3 is 29.5 Å². The van der Waals surface area contributed by atoms with Gasteiger partial charge in [0.05, 0.1) is 23.4 Å². The molecule has 1 aliphatic heterocycles. The van der Waals surface area contributed by atoms with Crippen molar-refractivity contribution in [2.24, 2.45) is 0 Å². The number of hydrogen-bond donors (Lipinski definition) is 2. The van der Waals surface area contributed by atoms with E-state index >= 15 is 0 Å². The predicted octanol–water partition coefficient (Wildman–Crippen LogP) is 7.94. The van der Waals surface area contributed by atoms with Crippen LogP contribution in [0.4, 0.5) is 10.2 Å². The molecule has 0 spiro atoms. The van der Waals surface area contributed by atoms with Gasteiger partial charge in [0.1, 0.15) is 54.2 Å². The summed E-state index contributed by atoms with van der Waals surface area (Å²) in [7, 11) is 3.73. The van der Waals surface area contributed by atoms with Crippen molar-refractivity contribution in [3.63, 3.8) is 0 Å². The molecule has 0 amide bonds. The average Bonchev–Trinajstić information content (AvgIpc) is 3.68. The second-order valence-electron chi connectivity index (χ2n) is 15.1. The van der Waals surface area contributed by atoms with Crippen LogP contribution in [0.5, 0.6) is 17.2 Å². The van der Waals surface area contributed by atoms with E-state index in [2.05, 4.69) is 37.2 Å². The van der Waals surface area contributed by atoms with Gasteiger partial charge in [-0.1, -0.05) is 60.1 Å². The number of fused-ring (bicyclic) bond motifs is 1. The molecular formula is C47H46ClFN8O5. The van der Waals surface area contributed by atoms with Gasteiger partial charge in [-0.05, 0) is 78.7 Å². The number of halogens is 2. The van der Waals surface area contributed by atoms with Gasteiger partial charge in [-0.3, -0.25) is 4.90 Å². The van der Waals surface area contributed by atoms with Crippen LogP contribution in [-0.2, 0) is 17.8 Å². The van der Waals surface area contributed by atoms with E-state index < -0.39 is 12.0 Å². The van der Waals surface area contributed by atoms with Crippen molar-refractivity contribution in [2.45, 2.75) is 26.0 Å². The first-order valence-electron chi connectivity index (χ1n) is 20.3. The van der Waals surface area contributed by atoms with Crippen LogP contribution in [-0.4, -0.2) is 105 Å². The van der Waals surface area contributed by atoms with Gasteiger partial charge in [-0.15, -0.1) is 0 Å². The van der Waals surface area contributed by atoms with E-state index in [1.54, 1.807) is 42.1 Å².